The first kappa shape index (κ1) is 21.0. The smallest absolute Gasteiger partial charge is 0.254 e. The zero-order chi connectivity index (χ0) is 17.4. The van der Waals surface area contributed by atoms with Gasteiger partial charge in [0.15, 0.2) is 0 Å². The number of nitrogens with zero attached hydrogens (tertiary/aromatic N) is 2. The van der Waals surface area contributed by atoms with Gasteiger partial charge < -0.3 is 15.8 Å². The highest BCUT2D eigenvalue weighted by atomic mass is 35.5. The molecule has 25 heavy (non-hydrogen) atoms. The van der Waals surface area contributed by atoms with E-state index in [1.54, 1.807) is 24.2 Å². The highest BCUT2D eigenvalue weighted by Gasteiger charge is 2.13. The van der Waals surface area contributed by atoms with Gasteiger partial charge >= 0.3 is 0 Å². The highest BCUT2D eigenvalue weighted by molar-refractivity contribution is 5.93. The lowest BCUT2D eigenvalue weighted by Gasteiger charge is -2.15. The lowest BCUT2D eigenvalue weighted by molar-refractivity contribution is 0.0935. The third-order valence-corrected chi connectivity index (χ3v) is 3.92. The predicted molar refractivity (Wildman–Crippen MR) is 101 cm³/mol. The van der Waals surface area contributed by atoms with Gasteiger partial charge in [-0.05, 0) is 24.1 Å². The van der Waals surface area contributed by atoms with E-state index in [0.717, 1.165) is 30.6 Å². The largest absolute Gasteiger partial charge is 0.497 e. The number of halogens is 1. The van der Waals surface area contributed by atoms with Crippen molar-refractivity contribution >= 4 is 18.3 Å². The summed E-state index contributed by atoms with van der Waals surface area (Å²) >= 11 is 0. The molecule has 7 heteroatoms. The van der Waals surface area contributed by atoms with Crippen molar-refractivity contribution in [2.75, 3.05) is 13.7 Å². The fourth-order valence-corrected chi connectivity index (χ4v) is 2.45. The summed E-state index contributed by atoms with van der Waals surface area (Å²) in [5.41, 5.74) is 7.37. The SMILES string of the molecule is CCCCC(CN)NC(=O)c1cnn(Cc2ccc(OC)cc2)c1.Cl. The van der Waals surface area contributed by atoms with E-state index in [1.807, 2.05) is 24.3 Å². The molecule has 1 heterocycles. The van der Waals surface area contributed by atoms with Gasteiger partial charge in [0.05, 0.1) is 25.4 Å². The maximum Gasteiger partial charge on any atom is 0.254 e. The highest BCUT2D eigenvalue weighted by Crippen LogP contribution is 2.12. The molecule has 3 N–H and O–H groups in total. The van der Waals surface area contributed by atoms with Gasteiger partial charge in [0.1, 0.15) is 5.75 Å². The Labute approximate surface area is 155 Å². The van der Waals surface area contributed by atoms with Gasteiger partial charge in [0.2, 0.25) is 0 Å². The molecule has 0 radical (unpaired) electrons. The van der Waals surface area contributed by atoms with Crippen LogP contribution in [0.25, 0.3) is 0 Å². The topological polar surface area (TPSA) is 82.2 Å². The summed E-state index contributed by atoms with van der Waals surface area (Å²) in [5.74, 6) is 0.696. The first-order valence-corrected chi connectivity index (χ1v) is 8.32. The number of ether oxygens (including phenoxy) is 1. The van der Waals surface area contributed by atoms with Gasteiger partial charge in [0.25, 0.3) is 5.91 Å². The van der Waals surface area contributed by atoms with Crippen LogP contribution in [0.1, 0.15) is 42.1 Å². The van der Waals surface area contributed by atoms with Crippen molar-refractivity contribution in [2.24, 2.45) is 5.73 Å². The zero-order valence-electron chi connectivity index (χ0n) is 14.8. The second-order valence-electron chi connectivity index (χ2n) is 5.82. The summed E-state index contributed by atoms with van der Waals surface area (Å²) in [4.78, 5) is 12.3. The number of nitrogens with two attached hydrogens (primary N) is 1. The number of rotatable bonds is 9. The van der Waals surface area contributed by atoms with Crippen LogP contribution in [0.2, 0.25) is 0 Å². The number of amides is 1. The van der Waals surface area contributed by atoms with E-state index in [9.17, 15) is 4.79 Å². The molecule has 1 amide bonds. The van der Waals surface area contributed by atoms with Crippen molar-refractivity contribution in [2.45, 2.75) is 38.8 Å². The van der Waals surface area contributed by atoms with E-state index in [1.165, 1.54) is 0 Å². The first-order valence-electron chi connectivity index (χ1n) is 8.32. The Balaban J connectivity index is 0.00000312. The van der Waals surface area contributed by atoms with Gasteiger partial charge in [-0.15, -0.1) is 12.4 Å². The minimum Gasteiger partial charge on any atom is -0.497 e. The van der Waals surface area contributed by atoms with Gasteiger partial charge in [-0.1, -0.05) is 31.9 Å². The molecule has 0 aliphatic carbocycles. The Morgan fingerprint density at radius 3 is 2.68 bits per heavy atom. The van der Waals surface area contributed by atoms with Crippen LogP contribution in [0, 0.1) is 0 Å². The van der Waals surface area contributed by atoms with E-state index < -0.39 is 0 Å². The molecule has 1 aromatic carbocycles. The molecule has 0 saturated carbocycles. The number of hydrogen-bond acceptors (Lipinski definition) is 4. The summed E-state index contributed by atoms with van der Waals surface area (Å²) in [6.45, 7) is 3.18. The van der Waals surface area contributed by atoms with E-state index in [4.69, 9.17) is 10.5 Å². The van der Waals surface area contributed by atoms with Crippen molar-refractivity contribution in [3.63, 3.8) is 0 Å². The van der Waals surface area contributed by atoms with Crippen LogP contribution in [0.3, 0.4) is 0 Å². The quantitative estimate of drug-likeness (QED) is 0.714. The minimum atomic E-state index is -0.123. The number of carbonyl (C=O) groups excluding carboxylic acids is 1. The summed E-state index contributed by atoms with van der Waals surface area (Å²) < 4.78 is 6.90. The minimum absolute atomic E-state index is 0. The number of hydrogen-bond donors (Lipinski definition) is 2. The molecule has 0 bridgehead atoms. The number of unbranched alkanes of at least 4 members (excludes halogenated alkanes) is 1. The molecule has 0 spiro atoms. The van der Waals surface area contributed by atoms with E-state index in [-0.39, 0.29) is 24.4 Å². The van der Waals surface area contributed by atoms with Crippen LogP contribution in [-0.2, 0) is 6.54 Å². The summed E-state index contributed by atoms with van der Waals surface area (Å²) in [6, 6.07) is 7.80. The van der Waals surface area contributed by atoms with Crippen LogP contribution in [0.4, 0.5) is 0 Å². The Morgan fingerprint density at radius 1 is 1.36 bits per heavy atom. The average Bonchev–Trinajstić information content (AvgIpc) is 3.07. The molecular weight excluding hydrogens is 340 g/mol. The average molecular weight is 367 g/mol. The van der Waals surface area contributed by atoms with Crippen LogP contribution < -0.4 is 15.8 Å². The normalized spacial score (nSPS) is 11.5. The van der Waals surface area contributed by atoms with Crippen LogP contribution in [0.5, 0.6) is 5.75 Å². The molecule has 2 rings (SSSR count). The maximum atomic E-state index is 12.3. The van der Waals surface area contributed by atoms with Crippen molar-refractivity contribution in [1.29, 1.82) is 0 Å². The van der Waals surface area contributed by atoms with E-state index in [2.05, 4.69) is 17.3 Å². The number of benzene rings is 1. The Hall–Kier alpha value is -2.05. The number of methoxy groups -OCH3 is 1. The zero-order valence-corrected chi connectivity index (χ0v) is 15.6. The monoisotopic (exact) mass is 366 g/mol. The number of nitrogens with one attached hydrogen (secondary N) is 1. The standard InChI is InChI=1S/C18H26N4O2.ClH/c1-3-4-5-16(10-19)21-18(23)15-11-20-22(13-15)12-14-6-8-17(24-2)9-7-14;/h6-9,11,13,16H,3-5,10,12,19H2,1-2H3,(H,21,23);1H. The van der Waals surface area contributed by atoms with Gasteiger partial charge in [-0.3, -0.25) is 9.48 Å². The summed E-state index contributed by atoms with van der Waals surface area (Å²) in [5, 5.41) is 7.24. The third-order valence-electron chi connectivity index (χ3n) is 3.92. The molecule has 138 valence electrons. The third kappa shape index (κ3) is 6.40. The van der Waals surface area contributed by atoms with Gasteiger partial charge in [0, 0.05) is 18.8 Å². The van der Waals surface area contributed by atoms with Crippen molar-refractivity contribution in [3.8, 4) is 5.75 Å². The van der Waals surface area contributed by atoms with Crippen LogP contribution >= 0.6 is 12.4 Å². The molecule has 1 atom stereocenters. The number of aromatic nitrogens is 2. The van der Waals surface area contributed by atoms with Crippen molar-refractivity contribution in [1.82, 2.24) is 15.1 Å². The van der Waals surface area contributed by atoms with Crippen LogP contribution in [-0.4, -0.2) is 35.4 Å². The molecule has 0 aliphatic heterocycles. The summed E-state index contributed by atoms with van der Waals surface area (Å²) in [7, 11) is 1.64. The van der Waals surface area contributed by atoms with Gasteiger partial charge in [-0.25, -0.2) is 0 Å². The van der Waals surface area contributed by atoms with Crippen LogP contribution in [0.15, 0.2) is 36.7 Å². The molecule has 0 saturated heterocycles. The van der Waals surface area contributed by atoms with Crippen molar-refractivity contribution in [3.05, 3.63) is 47.8 Å². The first-order chi connectivity index (χ1) is 11.7. The molecule has 0 fully saturated rings. The molecule has 6 nitrogen and oxygen atoms in total. The predicted octanol–water partition coefficient (Wildman–Crippen LogP) is 2.61. The van der Waals surface area contributed by atoms with Gasteiger partial charge in [-0.2, -0.15) is 5.10 Å². The second kappa shape index (κ2) is 10.7. The molecule has 1 aromatic heterocycles. The van der Waals surface area contributed by atoms with E-state index in [0.29, 0.717) is 18.7 Å². The molecule has 0 aliphatic rings. The number of carbonyl (C=O) groups is 1. The maximum absolute atomic E-state index is 12.3. The lowest BCUT2D eigenvalue weighted by Crippen LogP contribution is -2.40. The molecule has 2 aromatic rings. The fraction of sp³-hybridized carbons (Fsp3) is 0.444. The van der Waals surface area contributed by atoms with E-state index >= 15 is 0 Å². The summed E-state index contributed by atoms with van der Waals surface area (Å²) in [6.07, 6.45) is 6.39. The Morgan fingerprint density at radius 2 is 2.08 bits per heavy atom. The lowest BCUT2D eigenvalue weighted by atomic mass is 10.1. The second-order valence-corrected chi connectivity index (χ2v) is 5.82. The molecular formula is C18H27ClN4O2. The fourth-order valence-electron chi connectivity index (χ4n) is 2.45. The van der Waals surface area contributed by atoms with Crippen molar-refractivity contribution < 1.29 is 9.53 Å². The Kier molecular flexibility index (Phi) is 9.02. The Bertz CT molecular complexity index is 643. The molecule has 1 unspecified atom stereocenters.